The molecule has 0 radical (unpaired) electrons. The second-order valence-corrected chi connectivity index (χ2v) is 8.02. The minimum atomic E-state index is -0.233. The third-order valence-corrected chi connectivity index (χ3v) is 5.53. The summed E-state index contributed by atoms with van der Waals surface area (Å²) in [7, 11) is 0. The van der Waals surface area contributed by atoms with E-state index < -0.39 is 0 Å². The van der Waals surface area contributed by atoms with Gasteiger partial charge in [-0.1, -0.05) is 66.7 Å². The number of nitrogens with one attached hydrogen (secondary N) is 1. The number of aryl methyl sites for hydroxylation is 2. The van der Waals surface area contributed by atoms with Crippen molar-refractivity contribution in [3.8, 4) is 16.9 Å². The molecule has 156 valence electrons. The Morgan fingerprint density at radius 2 is 1.50 bits per heavy atom. The van der Waals surface area contributed by atoms with E-state index in [0.29, 0.717) is 5.69 Å². The molecular formula is C28H23N3O. The normalized spacial score (nSPS) is 10.9. The van der Waals surface area contributed by atoms with Crippen LogP contribution in [0.15, 0.2) is 97.1 Å². The van der Waals surface area contributed by atoms with Gasteiger partial charge in [-0.25, -0.2) is 4.68 Å². The maximum Gasteiger partial charge on any atom is 0.276 e. The van der Waals surface area contributed by atoms with Gasteiger partial charge in [0.1, 0.15) is 0 Å². The molecule has 0 saturated heterocycles. The highest BCUT2D eigenvalue weighted by atomic mass is 16.1. The van der Waals surface area contributed by atoms with Gasteiger partial charge in [-0.05, 0) is 66.1 Å². The molecule has 5 aromatic rings. The van der Waals surface area contributed by atoms with Crippen LogP contribution in [0, 0.1) is 13.8 Å². The second kappa shape index (κ2) is 8.16. The Kier molecular flexibility index (Phi) is 5.04. The fourth-order valence-corrected chi connectivity index (χ4v) is 4.01. The van der Waals surface area contributed by atoms with Gasteiger partial charge in [0.25, 0.3) is 5.91 Å². The van der Waals surface area contributed by atoms with Crippen LogP contribution >= 0.6 is 0 Å². The van der Waals surface area contributed by atoms with Crippen LogP contribution in [-0.2, 0) is 0 Å². The van der Waals surface area contributed by atoms with Gasteiger partial charge in [0.15, 0.2) is 5.69 Å². The maximum atomic E-state index is 13.1. The number of fused-ring (bicyclic) bond motifs is 1. The fourth-order valence-electron chi connectivity index (χ4n) is 4.01. The van der Waals surface area contributed by atoms with E-state index >= 15 is 0 Å². The van der Waals surface area contributed by atoms with Crippen LogP contribution in [0.3, 0.4) is 0 Å². The van der Waals surface area contributed by atoms with Crippen LogP contribution in [0.2, 0.25) is 0 Å². The van der Waals surface area contributed by atoms with Crippen LogP contribution < -0.4 is 5.32 Å². The van der Waals surface area contributed by atoms with Crippen LogP contribution in [0.25, 0.3) is 27.7 Å². The molecule has 0 atom stereocenters. The van der Waals surface area contributed by atoms with Crippen LogP contribution in [-0.4, -0.2) is 15.7 Å². The van der Waals surface area contributed by atoms with Crippen molar-refractivity contribution >= 4 is 22.4 Å². The Labute approximate surface area is 187 Å². The van der Waals surface area contributed by atoms with Crippen molar-refractivity contribution in [1.82, 2.24) is 9.78 Å². The SMILES string of the molecule is Cc1cccc(NC(=O)c2cc(-c3cccc4ccccc34)n(-c3cccc(C)c3)n2)c1. The van der Waals surface area contributed by atoms with Gasteiger partial charge < -0.3 is 5.32 Å². The predicted molar refractivity (Wildman–Crippen MR) is 130 cm³/mol. The lowest BCUT2D eigenvalue weighted by atomic mass is 10.0. The quantitative estimate of drug-likeness (QED) is 0.360. The van der Waals surface area contributed by atoms with E-state index in [4.69, 9.17) is 5.10 Å². The van der Waals surface area contributed by atoms with Gasteiger partial charge in [0.2, 0.25) is 0 Å². The van der Waals surface area contributed by atoms with E-state index in [2.05, 4.69) is 48.6 Å². The first kappa shape index (κ1) is 19.8. The standard InChI is InChI=1S/C28H23N3O/c1-19-8-5-12-22(16-19)29-28(32)26-18-27(31(30-26)23-13-6-9-20(2)17-23)25-15-7-11-21-10-3-4-14-24(21)25/h3-18H,1-2H3,(H,29,32). The Morgan fingerprint density at radius 3 is 2.31 bits per heavy atom. The molecule has 4 nitrogen and oxygen atoms in total. The van der Waals surface area contributed by atoms with E-state index in [0.717, 1.165) is 44.5 Å². The molecule has 0 aliphatic rings. The number of carbonyl (C=O) groups excluding carboxylic acids is 1. The highest BCUT2D eigenvalue weighted by molar-refractivity contribution is 6.04. The third-order valence-electron chi connectivity index (χ3n) is 5.53. The van der Waals surface area contributed by atoms with E-state index in [1.54, 1.807) is 0 Å². The summed E-state index contributed by atoms with van der Waals surface area (Å²) in [6, 6.07) is 32.2. The molecule has 0 aliphatic heterocycles. The Balaban J connectivity index is 1.65. The molecule has 0 aliphatic carbocycles. The number of aromatic nitrogens is 2. The first-order valence-corrected chi connectivity index (χ1v) is 10.6. The first-order valence-electron chi connectivity index (χ1n) is 10.6. The summed E-state index contributed by atoms with van der Waals surface area (Å²) in [5, 5.41) is 9.97. The molecule has 0 saturated carbocycles. The minimum Gasteiger partial charge on any atom is -0.321 e. The predicted octanol–water partition coefficient (Wildman–Crippen LogP) is 6.56. The lowest BCUT2D eigenvalue weighted by Crippen LogP contribution is -2.13. The molecule has 4 heteroatoms. The Morgan fingerprint density at radius 1 is 0.781 bits per heavy atom. The van der Waals surface area contributed by atoms with Gasteiger partial charge in [0.05, 0.1) is 11.4 Å². The first-order chi connectivity index (χ1) is 15.6. The van der Waals surface area contributed by atoms with Gasteiger partial charge in [-0.3, -0.25) is 4.79 Å². The number of amides is 1. The molecular weight excluding hydrogens is 394 g/mol. The second-order valence-electron chi connectivity index (χ2n) is 8.02. The summed E-state index contributed by atoms with van der Waals surface area (Å²) in [4.78, 5) is 13.1. The summed E-state index contributed by atoms with van der Waals surface area (Å²) in [6.45, 7) is 4.05. The summed E-state index contributed by atoms with van der Waals surface area (Å²) < 4.78 is 1.86. The fraction of sp³-hybridized carbons (Fsp3) is 0.0714. The Bertz CT molecular complexity index is 1440. The van der Waals surface area contributed by atoms with Crippen molar-refractivity contribution < 1.29 is 4.79 Å². The smallest absolute Gasteiger partial charge is 0.276 e. The van der Waals surface area contributed by atoms with Crippen LogP contribution in [0.4, 0.5) is 5.69 Å². The minimum absolute atomic E-state index is 0.233. The van der Waals surface area contributed by atoms with E-state index in [1.807, 2.05) is 72.3 Å². The Hall–Kier alpha value is -4.18. The molecule has 1 N–H and O–H groups in total. The molecule has 1 aromatic heterocycles. The lowest BCUT2D eigenvalue weighted by Gasteiger charge is -2.10. The molecule has 1 amide bonds. The largest absolute Gasteiger partial charge is 0.321 e. The average molecular weight is 418 g/mol. The van der Waals surface area contributed by atoms with Crippen molar-refractivity contribution in [3.05, 3.63) is 114 Å². The molecule has 0 unspecified atom stereocenters. The van der Waals surface area contributed by atoms with Crippen LogP contribution in [0.5, 0.6) is 0 Å². The van der Waals surface area contributed by atoms with Crippen molar-refractivity contribution in [3.63, 3.8) is 0 Å². The molecule has 5 rings (SSSR count). The lowest BCUT2D eigenvalue weighted by molar-refractivity contribution is 0.102. The summed E-state index contributed by atoms with van der Waals surface area (Å²) in [5.41, 5.74) is 6.18. The number of nitrogens with zero attached hydrogens (tertiary/aromatic N) is 2. The van der Waals surface area contributed by atoms with Crippen molar-refractivity contribution in [1.29, 1.82) is 0 Å². The summed E-state index contributed by atoms with van der Waals surface area (Å²) >= 11 is 0. The van der Waals surface area contributed by atoms with Crippen molar-refractivity contribution in [2.24, 2.45) is 0 Å². The molecule has 4 aromatic carbocycles. The number of benzene rings is 4. The molecule has 0 fully saturated rings. The zero-order valence-electron chi connectivity index (χ0n) is 18.0. The van der Waals surface area contributed by atoms with E-state index in [1.165, 1.54) is 0 Å². The summed E-state index contributed by atoms with van der Waals surface area (Å²) in [5.74, 6) is -0.233. The van der Waals surface area contributed by atoms with E-state index in [9.17, 15) is 4.79 Å². The number of anilines is 1. The molecule has 0 bridgehead atoms. The van der Waals surface area contributed by atoms with Crippen LogP contribution in [0.1, 0.15) is 21.6 Å². The van der Waals surface area contributed by atoms with Crippen molar-refractivity contribution in [2.75, 3.05) is 5.32 Å². The number of carbonyl (C=O) groups is 1. The average Bonchev–Trinajstić information content (AvgIpc) is 3.24. The van der Waals surface area contributed by atoms with Gasteiger partial charge in [-0.15, -0.1) is 0 Å². The number of hydrogen-bond donors (Lipinski definition) is 1. The zero-order valence-corrected chi connectivity index (χ0v) is 18.0. The van der Waals surface area contributed by atoms with Crippen molar-refractivity contribution in [2.45, 2.75) is 13.8 Å². The number of hydrogen-bond acceptors (Lipinski definition) is 2. The highest BCUT2D eigenvalue weighted by Crippen LogP contribution is 2.31. The third kappa shape index (κ3) is 3.79. The molecule has 0 spiro atoms. The number of rotatable bonds is 4. The molecule has 32 heavy (non-hydrogen) atoms. The van der Waals surface area contributed by atoms with E-state index in [-0.39, 0.29) is 5.91 Å². The van der Waals surface area contributed by atoms with Gasteiger partial charge in [-0.2, -0.15) is 5.10 Å². The topological polar surface area (TPSA) is 46.9 Å². The summed E-state index contributed by atoms with van der Waals surface area (Å²) in [6.07, 6.45) is 0. The van der Waals surface area contributed by atoms with Gasteiger partial charge >= 0.3 is 0 Å². The van der Waals surface area contributed by atoms with Gasteiger partial charge in [0, 0.05) is 11.3 Å². The highest BCUT2D eigenvalue weighted by Gasteiger charge is 2.18. The monoisotopic (exact) mass is 417 g/mol. The zero-order chi connectivity index (χ0) is 22.1. The molecule has 1 heterocycles. The maximum absolute atomic E-state index is 13.1.